The fourth-order valence-corrected chi connectivity index (χ4v) is 5.25. The molecule has 0 saturated heterocycles. The third kappa shape index (κ3) is 6.74. The van der Waals surface area contributed by atoms with Crippen molar-refractivity contribution >= 4 is 33.9 Å². The number of alkyl halides is 3. The van der Waals surface area contributed by atoms with E-state index in [2.05, 4.69) is 10.3 Å². The predicted octanol–water partition coefficient (Wildman–Crippen LogP) is 6.77. The molecule has 1 aliphatic heterocycles. The number of alkyl carbamates (subject to hydrolysis) is 1. The number of hydrogen-bond donors (Lipinski definition) is 2. The zero-order valence-electron chi connectivity index (χ0n) is 25.4. The van der Waals surface area contributed by atoms with Gasteiger partial charge in [0.15, 0.2) is 11.5 Å². The highest BCUT2D eigenvalue weighted by Gasteiger charge is 2.40. The van der Waals surface area contributed by atoms with Crippen LogP contribution in [0.2, 0.25) is 0 Å². The van der Waals surface area contributed by atoms with E-state index in [-0.39, 0.29) is 42.1 Å². The highest BCUT2D eigenvalue weighted by molar-refractivity contribution is 5.88. The van der Waals surface area contributed by atoms with E-state index >= 15 is 0 Å². The van der Waals surface area contributed by atoms with Crippen molar-refractivity contribution in [1.29, 1.82) is 0 Å². The fraction of sp³-hybridized carbons (Fsp3) is 0.265. The molecule has 5 aromatic rings. The number of amides is 1. The third-order valence-electron chi connectivity index (χ3n) is 7.25. The van der Waals surface area contributed by atoms with Crippen LogP contribution in [-0.2, 0) is 22.1 Å². The second kappa shape index (κ2) is 12.0. The standard InChI is InChI=1S/C34H29F3N2O8/c1-33(2,3)47-32(42)39-24(14-19-17-38-23-7-5-4-6-21(19)23)31(41)45-20-9-10-22-26(16-20)46-30(34(35,36)37)28(29(22)40)18-8-11-25-27(15-18)44-13-12-43-25/h4-11,15-17,24,38H,12-14H2,1-3H3,(H,39,42). The summed E-state index contributed by atoms with van der Waals surface area (Å²) in [4.78, 5) is 42.8. The fourth-order valence-electron chi connectivity index (χ4n) is 5.25. The summed E-state index contributed by atoms with van der Waals surface area (Å²) in [5.74, 6) is -2.12. The van der Waals surface area contributed by atoms with Crippen LogP contribution in [-0.4, -0.2) is 41.9 Å². The van der Waals surface area contributed by atoms with Crippen LogP contribution < -0.4 is 25.0 Å². The summed E-state index contributed by atoms with van der Waals surface area (Å²) in [6.45, 7) is 5.48. The topological polar surface area (TPSA) is 129 Å². The van der Waals surface area contributed by atoms with E-state index in [0.717, 1.165) is 17.0 Å². The number of benzene rings is 3. The molecule has 0 spiro atoms. The van der Waals surface area contributed by atoms with Crippen molar-refractivity contribution in [2.24, 2.45) is 0 Å². The monoisotopic (exact) mass is 650 g/mol. The normalized spacial score (nSPS) is 13.7. The zero-order chi connectivity index (χ0) is 33.5. The van der Waals surface area contributed by atoms with Crippen LogP contribution >= 0.6 is 0 Å². The molecule has 10 nitrogen and oxygen atoms in total. The Hall–Kier alpha value is -5.46. The predicted molar refractivity (Wildman–Crippen MR) is 165 cm³/mol. The lowest BCUT2D eigenvalue weighted by Gasteiger charge is -2.23. The number of hydrogen-bond acceptors (Lipinski definition) is 8. The first-order valence-electron chi connectivity index (χ1n) is 14.6. The van der Waals surface area contributed by atoms with Crippen molar-refractivity contribution in [2.45, 2.75) is 45.0 Å². The van der Waals surface area contributed by atoms with E-state index in [1.54, 1.807) is 27.0 Å². The molecule has 1 aliphatic rings. The lowest BCUT2D eigenvalue weighted by Crippen LogP contribution is -2.46. The molecule has 0 radical (unpaired) electrons. The van der Waals surface area contributed by atoms with Crippen LogP contribution in [0.3, 0.4) is 0 Å². The van der Waals surface area contributed by atoms with Crippen LogP contribution in [0.1, 0.15) is 32.1 Å². The molecule has 13 heteroatoms. The first kappa shape index (κ1) is 31.5. The molecule has 2 aromatic heterocycles. The number of carbonyl (C=O) groups is 2. The number of H-pyrrole nitrogens is 1. The van der Waals surface area contributed by atoms with E-state index in [1.165, 1.54) is 30.3 Å². The molecule has 1 atom stereocenters. The van der Waals surface area contributed by atoms with Gasteiger partial charge in [0, 0.05) is 29.6 Å². The number of aromatic nitrogens is 1. The van der Waals surface area contributed by atoms with Gasteiger partial charge >= 0.3 is 18.2 Å². The summed E-state index contributed by atoms with van der Waals surface area (Å²) >= 11 is 0. The largest absolute Gasteiger partial charge is 0.486 e. The van der Waals surface area contributed by atoms with Crippen LogP contribution in [0, 0.1) is 0 Å². The second-order valence-electron chi connectivity index (χ2n) is 11.8. The maximum atomic E-state index is 14.3. The minimum Gasteiger partial charge on any atom is -0.486 e. The molecule has 3 aromatic carbocycles. The van der Waals surface area contributed by atoms with Crippen LogP contribution in [0.4, 0.5) is 18.0 Å². The summed E-state index contributed by atoms with van der Waals surface area (Å²) in [6, 6.07) is 13.6. The van der Waals surface area contributed by atoms with Gasteiger partial charge < -0.3 is 33.7 Å². The number of aromatic amines is 1. The molecule has 0 fully saturated rings. The Bertz CT molecular complexity index is 2060. The van der Waals surface area contributed by atoms with Crippen LogP contribution in [0.25, 0.3) is 33.0 Å². The molecule has 1 unspecified atom stereocenters. The average molecular weight is 651 g/mol. The number of rotatable bonds is 6. The first-order chi connectivity index (χ1) is 22.3. The molecule has 0 aliphatic carbocycles. The first-order valence-corrected chi connectivity index (χ1v) is 14.6. The number of carbonyl (C=O) groups excluding carboxylic acids is 2. The smallest absolute Gasteiger partial charge is 0.450 e. The number of nitrogens with one attached hydrogen (secondary N) is 2. The number of fused-ring (bicyclic) bond motifs is 3. The van der Waals surface area contributed by atoms with Crippen LogP contribution in [0.5, 0.6) is 17.2 Å². The van der Waals surface area contributed by atoms with Gasteiger partial charge in [0.1, 0.15) is 36.2 Å². The summed E-state index contributed by atoms with van der Waals surface area (Å²) in [7, 11) is 0. The maximum absolute atomic E-state index is 14.3. The van der Waals surface area contributed by atoms with E-state index in [9.17, 15) is 27.6 Å². The minimum atomic E-state index is -5.05. The van der Waals surface area contributed by atoms with Gasteiger partial charge in [-0.05, 0) is 62.2 Å². The molecule has 3 heterocycles. The maximum Gasteiger partial charge on any atom is 0.450 e. The summed E-state index contributed by atoms with van der Waals surface area (Å²) in [6.07, 6.45) is -4.22. The Morgan fingerprint density at radius 3 is 2.45 bits per heavy atom. The van der Waals surface area contributed by atoms with Gasteiger partial charge in [-0.2, -0.15) is 13.2 Å². The van der Waals surface area contributed by atoms with E-state index in [1.807, 2.05) is 24.3 Å². The minimum absolute atomic E-state index is 0.00185. The van der Waals surface area contributed by atoms with Crippen molar-refractivity contribution in [2.75, 3.05) is 13.2 Å². The molecule has 6 rings (SSSR count). The molecule has 0 saturated carbocycles. The van der Waals surface area contributed by atoms with Gasteiger partial charge in [-0.15, -0.1) is 0 Å². The molecular formula is C34H29F3N2O8. The number of para-hydroxylation sites is 1. The summed E-state index contributed by atoms with van der Waals surface area (Å²) in [5, 5.41) is 3.17. The SMILES string of the molecule is CC(C)(C)OC(=O)NC(Cc1c[nH]c2ccccc12)C(=O)Oc1ccc2c(=O)c(-c3ccc4c(c3)OCCO4)c(C(F)(F)F)oc2c1. The lowest BCUT2D eigenvalue weighted by molar-refractivity contribution is -0.152. The third-order valence-corrected chi connectivity index (χ3v) is 7.25. The van der Waals surface area contributed by atoms with Gasteiger partial charge in [0.2, 0.25) is 11.2 Å². The Balaban J connectivity index is 1.34. The molecule has 1 amide bonds. The van der Waals surface area contributed by atoms with Gasteiger partial charge in [-0.25, -0.2) is 9.59 Å². The van der Waals surface area contributed by atoms with Crippen molar-refractivity contribution in [3.05, 3.63) is 88.4 Å². The number of halogens is 3. The van der Waals surface area contributed by atoms with Crippen molar-refractivity contribution < 1.29 is 46.1 Å². The van der Waals surface area contributed by atoms with Crippen molar-refractivity contribution in [3.8, 4) is 28.4 Å². The Morgan fingerprint density at radius 2 is 1.70 bits per heavy atom. The van der Waals surface area contributed by atoms with E-state index in [4.69, 9.17) is 23.4 Å². The lowest BCUT2D eigenvalue weighted by atomic mass is 10.0. The highest BCUT2D eigenvalue weighted by Crippen LogP contribution is 2.41. The van der Waals surface area contributed by atoms with Crippen molar-refractivity contribution in [3.63, 3.8) is 0 Å². The Labute approximate surface area is 265 Å². The number of ether oxygens (including phenoxy) is 4. The summed E-state index contributed by atoms with van der Waals surface area (Å²) < 4.78 is 70.0. The second-order valence-corrected chi connectivity index (χ2v) is 11.8. The average Bonchev–Trinajstić information content (AvgIpc) is 3.41. The van der Waals surface area contributed by atoms with Crippen LogP contribution in [0.15, 0.2) is 76.1 Å². The molecule has 47 heavy (non-hydrogen) atoms. The summed E-state index contributed by atoms with van der Waals surface area (Å²) in [5.41, 5.74) is -1.52. The highest BCUT2D eigenvalue weighted by atomic mass is 19.4. The van der Waals surface area contributed by atoms with Gasteiger partial charge in [0.25, 0.3) is 0 Å². The molecule has 0 bridgehead atoms. The van der Waals surface area contributed by atoms with Gasteiger partial charge in [-0.3, -0.25) is 4.79 Å². The molecular weight excluding hydrogens is 621 g/mol. The number of esters is 1. The zero-order valence-corrected chi connectivity index (χ0v) is 25.4. The van der Waals surface area contributed by atoms with Gasteiger partial charge in [-0.1, -0.05) is 24.3 Å². The Kier molecular flexibility index (Phi) is 8.08. The Morgan fingerprint density at radius 1 is 0.957 bits per heavy atom. The van der Waals surface area contributed by atoms with E-state index in [0.29, 0.717) is 11.3 Å². The van der Waals surface area contributed by atoms with E-state index < -0.39 is 52.2 Å². The van der Waals surface area contributed by atoms with Gasteiger partial charge in [0.05, 0.1) is 10.9 Å². The quantitative estimate of drug-likeness (QED) is 0.152. The molecule has 244 valence electrons. The van der Waals surface area contributed by atoms with Crippen molar-refractivity contribution in [1.82, 2.24) is 10.3 Å². The molecule has 2 N–H and O–H groups in total.